The van der Waals surface area contributed by atoms with Gasteiger partial charge in [-0.3, -0.25) is 0 Å². The minimum absolute atomic E-state index is 0.0692. The van der Waals surface area contributed by atoms with Crippen molar-refractivity contribution >= 4 is 21.9 Å². The van der Waals surface area contributed by atoms with Crippen molar-refractivity contribution in [2.45, 2.75) is 19.3 Å². The van der Waals surface area contributed by atoms with E-state index in [0.717, 1.165) is 6.07 Å². The fourth-order valence-electron chi connectivity index (χ4n) is 1.40. The predicted molar refractivity (Wildman–Crippen MR) is 64.1 cm³/mol. The Morgan fingerprint density at radius 3 is 2.59 bits per heavy atom. The molecule has 0 N–H and O–H groups in total. The second-order valence-electron chi connectivity index (χ2n) is 4.04. The third-order valence-corrected chi connectivity index (χ3v) is 3.03. The van der Waals surface area contributed by atoms with Crippen LogP contribution in [0.3, 0.4) is 0 Å². The molecule has 1 aromatic rings. The number of rotatable bonds is 2. The van der Waals surface area contributed by atoms with Gasteiger partial charge >= 0.3 is 5.97 Å². The quantitative estimate of drug-likeness (QED) is 0.788. The predicted octanol–water partition coefficient (Wildman–Crippen LogP) is 3.18. The van der Waals surface area contributed by atoms with Crippen molar-refractivity contribution < 1.29 is 13.9 Å². The topological polar surface area (TPSA) is 50.1 Å². The Bertz CT molecular complexity index is 506. The second kappa shape index (κ2) is 4.84. The molecule has 0 aliphatic carbocycles. The monoisotopic (exact) mass is 299 g/mol. The van der Waals surface area contributed by atoms with E-state index in [-0.39, 0.29) is 10.0 Å². The van der Waals surface area contributed by atoms with Crippen LogP contribution in [0.5, 0.6) is 0 Å². The van der Waals surface area contributed by atoms with Crippen molar-refractivity contribution in [1.29, 1.82) is 5.26 Å². The molecule has 0 heterocycles. The number of esters is 1. The van der Waals surface area contributed by atoms with E-state index in [9.17, 15) is 9.18 Å². The standard InChI is InChI=1S/C12H11BrFNO2/c1-12(2,6-15)8-5-9(13)10(14)4-7(8)11(16)17-3/h4-5H,1-3H3. The molecule has 3 nitrogen and oxygen atoms in total. The molecule has 0 bridgehead atoms. The highest BCUT2D eigenvalue weighted by Gasteiger charge is 2.28. The van der Waals surface area contributed by atoms with Gasteiger partial charge in [0, 0.05) is 0 Å². The highest BCUT2D eigenvalue weighted by atomic mass is 79.9. The number of methoxy groups -OCH3 is 1. The van der Waals surface area contributed by atoms with Gasteiger partial charge in [0.15, 0.2) is 0 Å². The van der Waals surface area contributed by atoms with Gasteiger partial charge in [-0.2, -0.15) is 5.26 Å². The number of hydrogen-bond acceptors (Lipinski definition) is 3. The van der Waals surface area contributed by atoms with Gasteiger partial charge < -0.3 is 4.74 Å². The van der Waals surface area contributed by atoms with Crippen molar-refractivity contribution in [3.63, 3.8) is 0 Å². The van der Waals surface area contributed by atoms with E-state index in [1.165, 1.54) is 13.2 Å². The molecular weight excluding hydrogens is 289 g/mol. The van der Waals surface area contributed by atoms with Crippen molar-refractivity contribution in [2.24, 2.45) is 0 Å². The minimum Gasteiger partial charge on any atom is -0.465 e. The van der Waals surface area contributed by atoms with Gasteiger partial charge in [-0.25, -0.2) is 9.18 Å². The molecule has 0 saturated carbocycles. The number of nitriles is 1. The number of halogens is 2. The van der Waals surface area contributed by atoms with Crippen LogP contribution >= 0.6 is 15.9 Å². The molecule has 0 amide bonds. The third-order valence-electron chi connectivity index (χ3n) is 2.42. The van der Waals surface area contributed by atoms with Crippen LogP contribution in [0.15, 0.2) is 16.6 Å². The summed E-state index contributed by atoms with van der Waals surface area (Å²) in [5.74, 6) is -1.22. The Labute approximate surface area is 107 Å². The van der Waals surface area contributed by atoms with Crippen molar-refractivity contribution in [3.05, 3.63) is 33.5 Å². The fraction of sp³-hybridized carbons (Fsp3) is 0.333. The first-order valence-corrected chi connectivity index (χ1v) is 5.62. The van der Waals surface area contributed by atoms with Crippen LogP contribution in [0.2, 0.25) is 0 Å². The van der Waals surface area contributed by atoms with Gasteiger partial charge in [-0.15, -0.1) is 0 Å². The molecule has 17 heavy (non-hydrogen) atoms. The molecule has 1 aromatic carbocycles. The van der Waals surface area contributed by atoms with Crippen molar-refractivity contribution in [1.82, 2.24) is 0 Å². The second-order valence-corrected chi connectivity index (χ2v) is 4.89. The Hall–Kier alpha value is -1.41. The Morgan fingerprint density at radius 1 is 1.53 bits per heavy atom. The maximum absolute atomic E-state index is 13.4. The van der Waals surface area contributed by atoms with Crippen molar-refractivity contribution in [3.8, 4) is 6.07 Å². The molecule has 0 aromatic heterocycles. The maximum Gasteiger partial charge on any atom is 0.338 e. The lowest BCUT2D eigenvalue weighted by Gasteiger charge is -2.19. The first kappa shape index (κ1) is 13.7. The molecule has 0 spiro atoms. The highest BCUT2D eigenvalue weighted by molar-refractivity contribution is 9.10. The molecular formula is C12H11BrFNO2. The molecule has 5 heteroatoms. The Morgan fingerprint density at radius 2 is 2.12 bits per heavy atom. The first-order valence-electron chi connectivity index (χ1n) is 4.82. The summed E-state index contributed by atoms with van der Waals surface area (Å²) in [5, 5.41) is 9.08. The van der Waals surface area contributed by atoms with Crippen LogP contribution in [0.25, 0.3) is 0 Å². The lowest BCUT2D eigenvalue weighted by molar-refractivity contribution is 0.0598. The van der Waals surface area contributed by atoms with Gasteiger partial charge in [0.25, 0.3) is 0 Å². The molecule has 0 fully saturated rings. The SMILES string of the molecule is COC(=O)c1cc(F)c(Br)cc1C(C)(C)C#N. The highest BCUT2D eigenvalue weighted by Crippen LogP contribution is 2.30. The zero-order valence-corrected chi connectivity index (χ0v) is 11.3. The van der Waals surface area contributed by atoms with Gasteiger partial charge in [0.05, 0.1) is 28.6 Å². The zero-order valence-electron chi connectivity index (χ0n) is 9.67. The van der Waals surface area contributed by atoms with Crippen LogP contribution in [0.1, 0.15) is 29.8 Å². The van der Waals surface area contributed by atoms with Crippen LogP contribution in [0.4, 0.5) is 4.39 Å². The van der Waals surface area contributed by atoms with Gasteiger partial charge in [0.1, 0.15) is 5.82 Å². The summed E-state index contributed by atoms with van der Waals surface area (Å²) in [6.07, 6.45) is 0. The largest absolute Gasteiger partial charge is 0.465 e. The number of hydrogen-bond donors (Lipinski definition) is 0. The summed E-state index contributed by atoms with van der Waals surface area (Å²) in [4.78, 5) is 11.5. The minimum atomic E-state index is -0.903. The Balaban J connectivity index is 3.53. The van der Waals surface area contributed by atoms with Crippen LogP contribution in [-0.2, 0) is 10.2 Å². The molecule has 0 unspecified atom stereocenters. The lowest BCUT2D eigenvalue weighted by atomic mass is 9.83. The normalized spacial score (nSPS) is 10.8. The van der Waals surface area contributed by atoms with Gasteiger partial charge in [-0.1, -0.05) is 0 Å². The summed E-state index contributed by atoms with van der Waals surface area (Å²) in [6.45, 7) is 3.30. The number of carbonyl (C=O) groups is 1. The first-order chi connectivity index (χ1) is 7.83. The summed E-state index contributed by atoms with van der Waals surface area (Å²) in [7, 11) is 1.21. The van der Waals surface area contributed by atoms with E-state index in [1.54, 1.807) is 13.8 Å². The van der Waals surface area contributed by atoms with Crippen LogP contribution < -0.4 is 0 Å². The molecule has 0 aliphatic rings. The number of carbonyl (C=O) groups excluding carboxylic acids is 1. The van der Waals surface area contributed by atoms with Crippen molar-refractivity contribution in [2.75, 3.05) is 7.11 Å². The van der Waals surface area contributed by atoms with Crippen LogP contribution in [0, 0.1) is 17.1 Å². The third kappa shape index (κ3) is 2.64. The molecule has 0 aliphatic heterocycles. The van der Waals surface area contributed by atoms with E-state index in [1.807, 2.05) is 0 Å². The summed E-state index contributed by atoms with van der Waals surface area (Å²) >= 11 is 3.04. The molecule has 0 saturated heterocycles. The molecule has 0 atom stereocenters. The molecule has 1 rings (SSSR count). The molecule has 0 radical (unpaired) electrons. The number of ether oxygens (including phenoxy) is 1. The summed E-state index contributed by atoms with van der Waals surface area (Å²) < 4.78 is 18.2. The average molecular weight is 300 g/mol. The summed E-state index contributed by atoms with van der Waals surface area (Å²) in [5.41, 5.74) is -0.403. The summed E-state index contributed by atoms with van der Waals surface area (Å²) in [6, 6.07) is 4.58. The van der Waals surface area contributed by atoms with E-state index in [0.29, 0.717) is 5.56 Å². The smallest absolute Gasteiger partial charge is 0.338 e. The van der Waals surface area contributed by atoms with E-state index in [4.69, 9.17) is 5.26 Å². The Kier molecular flexibility index (Phi) is 3.89. The van der Waals surface area contributed by atoms with E-state index >= 15 is 0 Å². The number of nitrogens with zero attached hydrogens (tertiary/aromatic N) is 1. The number of benzene rings is 1. The van der Waals surface area contributed by atoms with E-state index < -0.39 is 17.2 Å². The van der Waals surface area contributed by atoms with Gasteiger partial charge in [-0.05, 0) is 47.5 Å². The van der Waals surface area contributed by atoms with Crippen LogP contribution in [-0.4, -0.2) is 13.1 Å². The fourth-order valence-corrected chi connectivity index (χ4v) is 1.75. The molecule has 90 valence electrons. The van der Waals surface area contributed by atoms with E-state index in [2.05, 4.69) is 26.7 Å². The lowest BCUT2D eigenvalue weighted by Crippen LogP contribution is -2.20. The average Bonchev–Trinajstić information content (AvgIpc) is 2.30. The van der Waals surface area contributed by atoms with Gasteiger partial charge in [0.2, 0.25) is 0 Å². The zero-order chi connectivity index (χ0) is 13.2. The maximum atomic E-state index is 13.4.